The van der Waals surface area contributed by atoms with Crippen molar-refractivity contribution in [3.05, 3.63) is 0 Å². The Balaban J connectivity index is 3.12. The Kier molecular flexibility index (Phi) is 8.49. The van der Waals surface area contributed by atoms with Crippen LogP contribution < -0.4 is 0 Å². The number of carbonyl (C=O) groups is 1. The monoisotopic (exact) mass is 206 g/mol. The second-order valence-electron chi connectivity index (χ2n) is 2.91. The van der Waals surface area contributed by atoms with Crippen molar-refractivity contribution >= 4 is 17.5 Å². The average Bonchev–Trinajstić information content (AvgIpc) is 2.16. The van der Waals surface area contributed by atoms with Crippen molar-refractivity contribution in [2.75, 3.05) is 18.1 Å². The molecule has 0 radical (unpaired) electrons. The third kappa shape index (κ3) is 8.28. The lowest BCUT2D eigenvalue weighted by Crippen LogP contribution is -2.15. The van der Waals surface area contributed by atoms with Gasteiger partial charge in [0.25, 0.3) is 0 Å². The molecule has 0 aromatic carbocycles. The van der Waals surface area contributed by atoms with E-state index in [9.17, 15) is 4.79 Å². The topological polar surface area (TPSA) is 57.5 Å². The fraction of sp³-hybridized carbons (Fsp3) is 0.889. The molecular weight excluding hydrogens is 188 g/mol. The summed E-state index contributed by atoms with van der Waals surface area (Å²) in [4.78, 5) is 10.9. The summed E-state index contributed by atoms with van der Waals surface area (Å²) < 4.78 is 0. The fourth-order valence-corrected chi connectivity index (χ4v) is 1.71. The van der Waals surface area contributed by atoms with Gasteiger partial charge in [0, 0.05) is 18.6 Å². The molecule has 78 valence electrons. The first-order valence-corrected chi connectivity index (χ1v) is 5.74. The van der Waals surface area contributed by atoms with E-state index in [2.05, 4.69) is 0 Å². The summed E-state index contributed by atoms with van der Waals surface area (Å²) in [5, 5.41) is 17.5. The van der Waals surface area contributed by atoms with Crippen LogP contribution in [0.25, 0.3) is 0 Å². The molecule has 0 aliphatic heterocycles. The Bertz CT molecular complexity index is 139. The average molecular weight is 206 g/mol. The van der Waals surface area contributed by atoms with Gasteiger partial charge in [0.05, 0.1) is 12.7 Å². The van der Waals surface area contributed by atoms with Crippen LogP contribution in [0.4, 0.5) is 0 Å². The minimum atomic E-state index is -0.619. The molecular formula is C9H18O3S. The third-order valence-electron chi connectivity index (χ3n) is 1.66. The molecule has 3 nitrogen and oxygen atoms in total. The molecule has 13 heavy (non-hydrogen) atoms. The van der Waals surface area contributed by atoms with Gasteiger partial charge in [0.2, 0.25) is 0 Å². The third-order valence-corrected chi connectivity index (χ3v) is 2.86. The Morgan fingerprint density at radius 3 is 2.77 bits per heavy atom. The second-order valence-corrected chi connectivity index (χ2v) is 4.06. The largest absolute Gasteiger partial charge is 0.394 e. The highest BCUT2D eigenvalue weighted by Gasteiger charge is 2.02. The van der Waals surface area contributed by atoms with Crippen molar-refractivity contribution in [1.29, 1.82) is 0 Å². The second kappa shape index (κ2) is 8.53. The predicted octanol–water partition coefficient (Wildman–Crippen LogP) is 0.832. The molecule has 2 N–H and O–H groups in total. The summed E-state index contributed by atoms with van der Waals surface area (Å²) >= 11 is 1.58. The zero-order valence-corrected chi connectivity index (χ0v) is 8.85. The van der Waals surface area contributed by atoms with Gasteiger partial charge in [-0.2, -0.15) is 11.8 Å². The Morgan fingerprint density at radius 2 is 2.23 bits per heavy atom. The van der Waals surface area contributed by atoms with E-state index in [0.717, 1.165) is 12.2 Å². The molecule has 0 fully saturated rings. The first-order chi connectivity index (χ1) is 6.20. The summed E-state index contributed by atoms with van der Waals surface area (Å²) in [5.41, 5.74) is 0. The van der Waals surface area contributed by atoms with Crippen LogP contribution in [0.2, 0.25) is 0 Å². The molecule has 0 aromatic rings. The van der Waals surface area contributed by atoms with Crippen LogP contribution in [0.15, 0.2) is 0 Å². The summed E-state index contributed by atoms with van der Waals surface area (Å²) in [6, 6.07) is 0. The molecule has 0 heterocycles. The maximum Gasteiger partial charge on any atom is 0.132 e. The Labute approximate surface area is 83.5 Å². The Hall–Kier alpha value is -0.0600. The highest BCUT2D eigenvalue weighted by molar-refractivity contribution is 7.99. The van der Waals surface area contributed by atoms with Crippen LogP contribution in [0.5, 0.6) is 0 Å². The number of rotatable bonds is 8. The minimum absolute atomic E-state index is 0.180. The summed E-state index contributed by atoms with van der Waals surface area (Å²) in [6.07, 6.45) is 1.50. The van der Waals surface area contributed by atoms with Gasteiger partial charge in [-0.25, -0.2) is 0 Å². The van der Waals surface area contributed by atoms with Crippen molar-refractivity contribution in [3.8, 4) is 0 Å². The van der Waals surface area contributed by atoms with Crippen molar-refractivity contribution in [1.82, 2.24) is 0 Å². The van der Waals surface area contributed by atoms with Crippen LogP contribution in [0.1, 0.15) is 26.2 Å². The van der Waals surface area contributed by atoms with E-state index >= 15 is 0 Å². The summed E-state index contributed by atoms with van der Waals surface area (Å²) in [6.45, 7) is 1.69. The molecule has 4 heteroatoms. The smallest absolute Gasteiger partial charge is 0.132 e. The molecule has 1 atom stereocenters. The normalized spacial score (nSPS) is 12.8. The lowest BCUT2D eigenvalue weighted by atomic mass is 10.2. The van der Waals surface area contributed by atoms with Crippen molar-refractivity contribution in [2.45, 2.75) is 32.3 Å². The van der Waals surface area contributed by atoms with Crippen LogP contribution in [0, 0.1) is 0 Å². The van der Waals surface area contributed by atoms with Gasteiger partial charge in [-0.05, 0) is 12.2 Å². The zero-order chi connectivity index (χ0) is 10.1. The highest BCUT2D eigenvalue weighted by atomic mass is 32.2. The van der Waals surface area contributed by atoms with Crippen LogP contribution in [-0.2, 0) is 4.79 Å². The van der Waals surface area contributed by atoms with Crippen molar-refractivity contribution in [2.24, 2.45) is 0 Å². The molecule has 0 rings (SSSR count). The zero-order valence-electron chi connectivity index (χ0n) is 8.03. The number of carbonyl (C=O) groups excluding carboxylic acids is 1. The molecule has 0 amide bonds. The number of hydrogen-bond donors (Lipinski definition) is 2. The number of aliphatic hydroxyl groups excluding tert-OH is 2. The van der Waals surface area contributed by atoms with E-state index in [1.54, 1.807) is 11.8 Å². The van der Waals surface area contributed by atoms with Crippen LogP contribution >= 0.6 is 11.8 Å². The lowest BCUT2D eigenvalue weighted by Gasteiger charge is -2.05. The SMILES string of the molecule is CCC(=O)CCCSCC(O)CO. The molecule has 0 saturated heterocycles. The van der Waals surface area contributed by atoms with E-state index in [-0.39, 0.29) is 6.61 Å². The van der Waals surface area contributed by atoms with E-state index in [1.165, 1.54) is 0 Å². The quantitative estimate of drug-likeness (QED) is 0.578. The molecule has 0 bridgehead atoms. The summed E-state index contributed by atoms with van der Waals surface area (Å²) in [7, 11) is 0. The first-order valence-electron chi connectivity index (χ1n) is 4.59. The maximum atomic E-state index is 10.9. The predicted molar refractivity (Wildman–Crippen MR) is 54.9 cm³/mol. The molecule has 1 unspecified atom stereocenters. The van der Waals surface area contributed by atoms with Gasteiger partial charge >= 0.3 is 0 Å². The lowest BCUT2D eigenvalue weighted by molar-refractivity contribution is -0.118. The number of aliphatic hydroxyl groups is 2. The van der Waals surface area contributed by atoms with Gasteiger partial charge in [-0.3, -0.25) is 4.79 Å². The standard InChI is InChI=1S/C9H18O3S/c1-2-8(11)4-3-5-13-7-9(12)6-10/h9-10,12H,2-7H2,1H3. The minimum Gasteiger partial charge on any atom is -0.394 e. The van der Waals surface area contributed by atoms with E-state index < -0.39 is 6.10 Å². The van der Waals surface area contributed by atoms with Gasteiger partial charge < -0.3 is 10.2 Å². The maximum absolute atomic E-state index is 10.9. The molecule has 0 spiro atoms. The van der Waals surface area contributed by atoms with E-state index in [4.69, 9.17) is 10.2 Å². The van der Waals surface area contributed by atoms with Gasteiger partial charge in [0.15, 0.2) is 0 Å². The Morgan fingerprint density at radius 1 is 1.54 bits per heavy atom. The number of Topliss-reactive ketones (excluding diaryl/α,β-unsaturated/α-hetero) is 1. The van der Waals surface area contributed by atoms with E-state index in [0.29, 0.717) is 24.4 Å². The van der Waals surface area contributed by atoms with E-state index in [1.807, 2.05) is 6.92 Å². The van der Waals surface area contributed by atoms with Gasteiger partial charge in [0.1, 0.15) is 5.78 Å². The van der Waals surface area contributed by atoms with Crippen molar-refractivity contribution < 1.29 is 15.0 Å². The number of ketones is 1. The van der Waals surface area contributed by atoms with Gasteiger partial charge in [-0.1, -0.05) is 6.92 Å². The fourth-order valence-electron chi connectivity index (χ4n) is 0.820. The number of hydrogen-bond acceptors (Lipinski definition) is 4. The molecule has 0 aromatic heterocycles. The number of thioether (sulfide) groups is 1. The molecule has 0 saturated carbocycles. The molecule has 0 aliphatic carbocycles. The van der Waals surface area contributed by atoms with Crippen LogP contribution in [-0.4, -0.2) is 40.2 Å². The molecule has 0 aliphatic rings. The van der Waals surface area contributed by atoms with Crippen molar-refractivity contribution in [3.63, 3.8) is 0 Å². The first kappa shape index (κ1) is 12.9. The highest BCUT2D eigenvalue weighted by Crippen LogP contribution is 2.07. The van der Waals surface area contributed by atoms with Gasteiger partial charge in [-0.15, -0.1) is 0 Å². The van der Waals surface area contributed by atoms with Crippen LogP contribution in [0.3, 0.4) is 0 Å². The summed E-state index contributed by atoms with van der Waals surface area (Å²) in [5.74, 6) is 1.72.